The van der Waals surface area contributed by atoms with Crippen molar-refractivity contribution < 1.29 is 4.79 Å². The first-order valence-electron chi connectivity index (χ1n) is 7.48. The highest BCUT2D eigenvalue weighted by Crippen LogP contribution is 2.36. The second kappa shape index (κ2) is 5.32. The Morgan fingerprint density at radius 3 is 2.11 bits per heavy atom. The Kier molecular flexibility index (Phi) is 3.54. The molecule has 0 aliphatic heterocycles. The van der Waals surface area contributed by atoms with E-state index in [9.17, 15) is 4.79 Å². The molecular formula is C16H22N2O. The van der Waals surface area contributed by atoms with Crippen molar-refractivity contribution in [3.05, 3.63) is 30.1 Å². The summed E-state index contributed by atoms with van der Waals surface area (Å²) in [7, 11) is 0. The summed E-state index contributed by atoms with van der Waals surface area (Å²) in [6, 6.07) is 4.63. The lowest BCUT2D eigenvalue weighted by atomic mass is 9.86. The van der Waals surface area contributed by atoms with Gasteiger partial charge in [-0.3, -0.25) is 9.78 Å². The van der Waals surface area contributed by atoms with Crippen LogP contribution in [-0.4, -0.2) is 27.9 Å². The van der Waals surface area contributed by atoms with Crippen LogP contribution in [0, 0.1) is 5.92 Å². The van der Waals surface area contributed by atoms with E-state index in [4.69, 9.17) is 0 Å². The van der Waals surface area contributed by atoms with E-state index in [1.165, 1.54) is 38.5 Å². The van der Waals surface area contributed by atoms with Crippen molar-refractivity contribution in [2.75, 3.05) is 0 Å². The molecular weight excluding hydrogens is 236 g/mol. The van der Waals surface area contributed by atoms with Crippen LogP contribution in [0.1, 0.15) is 55.8 Å². The van der Waals surface area contributed by atoms with E-state index in [0.717, 1.165) is 11.5 Å². The molecule has 102 valence electrons. The summed E-state index contributed by atoms with van der Waals surface area (Å²) in [5.74, 6) is 1.04. The van der Waals surface area contributed by atoms with E-state index in [0.29, 0.717) is 12.1 Å². The maximum atomic E-state index is 12.7. The Morgan fingerprint density at radius 1 is 1.05 bits per heavy atom. The van der Waals surface area contributed by atoms with Crippen molar-refractivity contribution in [2.45, 2.75) is 57.5 Å². The first-order valence-corrected chi connectivity index (χ1v) is 7.48. The van der Waals surface area contributed by atoms with Gasteiger partial charge in [-0.25, -0.2) is 0 Å². The Bertz CT molecular complexity index is 433. The molecule has 1 amide bonds. The fraction of sp³-hybridized carbons (Fsp3) is 0.625. The van der Waals surface area contributed by atoms with Gasteiger partial charge in [0.2, 0.25) is 0 Å². The van der Waals surface area contributed by atoms with Crippen LogP contribution in [0.25, 0.3) is 0 Å². The number of nitrogens with zero attached hydrogens (tertiary/aromatic N) is 2. The number of hydrogen-bond donors (Lipinski definition) is 0. The zero-order chi connectivity index (χ0) is 13.2. The molecule has 1 aromatic heterocycles. The Hall–Kier alpha value is -1.38. The van der Waals surface area contributed by atoms with Crippen LogP contribution in [-0.2, 0) is 0 Å². The third-order valence-electron chi connectivity index (χ3n) is 4.48. The Balaban J connectivity index is 1.76. The van der Waals surface area contributed by atoms with Gasteiger partial charge in [0.25, 0.3) is 5.91 Å². The minimum Gasteiger partial charge on any atom is -0.333 e. The molecule has 3 nitrogen and oxygen atoms in total. The lowest BCUT2D eigenvalue weighted by Crippen LogP contribution is -2.43. The minimum absolute atomic E-state index is 0.212. The van der Waals surface area contributed by atoms with Gasteiger partial charge in [-0.1, -0.05) is 6.92 Å². The van der Waals surface area contributed by atoms with Crippen molar-refractivity contribution in [1.29, 1.82) is 0 Å². The third-order valence-corrected chi connectivity index (χ3v) is 4.48. The van der Waals surface area contributed by atoms with E-state index < -0.39 is 0 Å². The zero-order valence-corrected chi connectivity index (χ0v) is 11.6. The molecule has 2 aliphatic carbocycles. The van der Waals surface area contributed by atoms with Gasteiger partial charge in [-0.15, -0.1) is 0 Å². The number of amides is 1. The molecule has 2 saturated carbocycles. The summed E-state index contributed by atoms with van der Waals surface area (Å²) in [6.07, 6.45) is 10.7. The lowest BCUT2D eigenvalue weighted by molar-refractivity contribution is 0.0593. The van der Waals surface area contributed by atoms with Crippen LogP contribution >= 0.6 is 0 Å². The fourth-order valence-corrected chi connectivity index (χ4v) is 3.15. The number of rotatable bonds is 3. The minimum atomic E-state index is 0.212. The number of carbonyl (C=O) groups excluding carboxylic acids is 1. The predicted molar refractivity (Wildman–Crippen MR) is 74.8 cm³/mol. The fourth-order valence-electron chi connectivity index (χ4n) is 3.15. The van der Waals surface area contributed by atoms with Gasteiger partial charge in [0.1, 0.15) is 0 Å². The standard InChI is InChI=1S/C16H22N2O/c1-12-2-4-14(5-3-12)18(15-6-7-15)16(19)13-8-10-17-11-9-13/h8-12,14-15H,2-7H2,1H3. The largest absolute Gasteiger partial charge is 0.333 e. The molecule has 0 N–H and O–H groups in total. The number of aromatic nitrogens is 1. The summed E-state index contributed by atoms with van der Waals surface area (Å²) in [5, 5.41) is 0. The van der Waals surface area contributed by atoms with Crippen molar-refractivity contribution in [2.24, 2.45) is 5.92 Å². The van der Waals surface area contributed by atoms with Crippen molar-refractivity contribution >= 4 is 5.91 Å². The maximum Gasteiger partial charge on any atom is 0.254 e. The molecule has 3 heteroatoms. The van der Waals surface area contributed by atoms with Crippen LogP contribution in [0.3, 0.4) is 0 Å². The van der Waals surface area contributed by atoms with Gasteiger partial charge in [0.15, 0.2) is 0 Å². The number of pyridine rings is 1. The molecule has 0 saturated heterocycles. The zero-order valence-electron chi connectivity index (χ0n) is 11.6. The highest BCUT2D eigenvalue weighted by atomic mass is 16.2. The normalized spacial score (nSPS) is 27.0. The molecule has 3 rings (SSSR count). The summed E-state index contributed by atoms with van der Waals surface area (Å²) in [4.78, 5) is 18.9. The number of hydrogen-bond acceptors (Lipinski definition) is 2. The molecule has 19 heavy (non-hydrogen) atoms. The molecule has 0 spiro atoms. The molecule has 0 unspecified atom stereocenters. The summed E-state index contributed by atoms with van der Waals surface area (Å²) in [6.45, 7) is 2.32. The molecule has 1 heterocycles. The monoisotopic (exact) mass is 258 g/mol. The second-order valence-corrected chi connectivity index (χ2v) is 6.09. The van der Waals surface area contributed by atoms with Gasteiger partial charge in [-0.05, 0) is 56.6 Å². The van der Waals surface area contributed by atoms with Crippen molar-refractivity contribution in [3.8, 4) is 0 Å². The predicted octanol–water partition coefficient (Wildman–Crippen LogP) is 3.26. The average Bonchev–Trinajstić information content (AvgIpc) is 3.27. The molecule has 2 aliphatic rings. The summed E-state index contributed by atoms with van der Waals surface area (Å²) < 4.78 is 0. The van der Waals surface area contributed by atoms with Gasteiger partial charge in [0, 0.05) is 30.0 Å². The highest BCUT2D eigenvalue weighted by molar-refractivity contribution is 5.94. The quantitative estimate of drug-likeness (QED) is 0.833. The van der Waals surface area contributed by atoms with E-state index in [-0.39, 0.29) is 5.91 Å². The molecule has 0 atom stereocenters. The van der Waals surface area contributed by atoms with E-state index in [2.05, 4.69) is 16.8 Å². The second-order valence-electron chi connectivity index (χ2n) is 6.09. The smallest absolute Gasteiger partial charge is 0.254 e. The number of carbonyl (C=O) groups is 1. The maximum absolute atomic E-state index is 12.7. The van der Waals surface area contributed by atoms with Crippen LogP contribution in [0.15, 0.2) is 24.5 Å². The molecule has 0 bridgehead atoms. The van der Waals surface area contributed by atoms with Gasteiger partial charge in [0.05, 0.1) is 0 Å². The highest BCUT2D eigenvalue weighted by Gasteiger charge is 2.38. The van der Waals surface area contributed by atoms with Crippen molar-refractivity contribution in [3.63, 3.8) is 0 Å². The van der Waals surface area contributed by atoms with Crippen LogP contribution in [0.5, 0.6) is 0 Å². The van der Waals surface area contributed by atoms with Crippen LogP contribution in [0.2, 0.25) is 0 Å². The molecule has 0 radical (unpaired) electrons. The van der Waals surface area contributed by atoms with Gasteiger partial charge >= 0.3 is 0 Å². The third kappa shape index (κ3) is 2.80. The Labute approximate surface area is 115 Å². The molecule has 2 fully saturated rings. The topological polar surface area (TPSA) is 33.2 Å². The van der Waals surface area contributed by atoms with Crippen LogP contribution < -0.4 is 0 Å². The first kappa shape index (κ1) is 12.6. The SMILES string of the molecule is CC1CCC(N(C(=O)c2ccncc2)C2CC2)CC1. The average molecular weight is 258 g/mol. The van der Waals surface area contributed by atoms with Gasteiger partial charge < -0.3 is 4.90 Å². The van der Waals surface area contributed by atoms with E-state index in [1.807, 2.05) is 12.1 Å². The first-order chi connectivity index (χ1) is 9.25. The summed E-state index contributed by atoms with van der Waals surface area (Å²) in [5.41, 5.74) is 0.792. The molecule has 1 aromatic rings. The van der Waals surface area contributed by atoms with E-state index >= 15 is 0 Å². The van der Waals surface area contributed by atoms with Crippen LogP contribution in [0.4, 0.5) is 0 Å². The lowest BCUT2D eigenvalue weighted by Gasteiger charge is -2.36. The van der Waals surface area contributed by atoms with Gasteiger partial charge in [-0.2, -0.15) is 0 Å². The van der Waals surface area contributed by atoms with E-state index in [1.54, 1.807) is 12.4 Å². The molecule has 0 aromatic carbocycles. The van der Waals surface area contributed by atoms with Crippen molar-refractivity contribution in [1.82, 2.24) is 9.88 Å². The summed E-state index contributed by atoms with van der Waals surface area (Å²) >= 11 is 0. The Morgan fingerprint density at radius 2 is 1.58 bits per heavy atom.